The lowest BCUT2D eigenvalue weighted by atomic mass is 9.96. The molecule has 172 valence electrons. The third-order valence-corrected chi connectivity index (χ3v) is 6.45. The van der Waals surface area contributed by atoms with Crippen molar-refractivity contribution in [3.63, 3.8) is 0 Å². The van der Waals surface area contributed by atoms with Gasteiger partial charge in [0.15, 0.2) is 11.0 Å². The summed E-state index contributed by atoms with van der Waals surface area (Å²) in [5.74, 6) is 1.22. The van der Waals surface area contributed by atoms with Gasteiger partial charge in [-0.15, -0.1) is 10.2 Å². The number of ether oxygens (including phenoxy) is 1. The lowest BCUT2D eigenvalue weighted by molar-refractivity contribution is -0.132. The summed E-state index contributed by atoms with van der Waals surface area (Å²) in [6, 6.07) is 11.4. The standard InChI is InChI=1S/C23H26N6O3S/c1-2-32-19-7-5-18(6-8-19)29-22(17-4-3-11-25-14-17)26-27-23(29)33-15-20(30)28-12-9-16(10-13-28)21(24)31/h3-8,11,14,16H,2,9-10,12-13,15H2,1H3,(H2,24,31). The maximum absolute atomic E-state index is 12.8. The Bertz CT molecular complexity index is 1100. The van der Waals surface area contributed by atoms with E-state index in [2.05, 4.69) is 15.2 Å². The van der Waals surface area contributed by atoms with Crippen molar-refractivity contribution in [1.29, 1.82) is 0 Å². The smallest absolute Gasteiger partial charge is 0.233 e. The van der Waals surface area contributed by atoms with Gasteiger partial charge in [-0.2, -0.15) is 0 Å². The number of amides is 2. The molecule has 9 nitrogen and oxygen atoms in total. The summed E-state index contributed by atoms with van der Waals surface area (Å²) in [7, 11) is 0. The molecule has 0 aliphatic carbocycles. The number of primary amides is 1. The average molecular weight is 467 g/mol. The van der Waals surface area contributed by atoms with Crippen molar-refractivity contribution >= 4 is 23.6 Å². The molecule has 10 heteroatoms. The fourth-order valence-corrected chi connectivity index (χ4v) is 4.62. The maximum atomic E-state index is 12.8. The minimum Gasteiger partial charge on any atom is -0.494 e. The summed E-state index contributed by atoms with van der Waals surface area (Å²) in [4.78, 5) is 30.1. The Morgan fingerprint density at radius 3 is 2.55 bits per heavy atom. The van der Waals surface area contributed by atoms with Crippen LogP contribution in [0.15, 0.2) is 53.9 Å². The topological polar surface area (TPSA) is 116 Å². The fourth-order valence-electron chi connectivity index (χ4n) is 3.77. The van der Waals surface area contributed by atoms with Crippen LogP contribution in [-0.2, 0) is 9.59 Å². The number of aromatic nitrogens is 4. The van der Waals surface area contributed by atoms with Crippen molar-refractivity contribution in [2.75, 3.05) is 25.4 Å². The van der Waals surface area contributed by atoms with E-state index in [1.165, 1.54) is 11.8 Å². The number of likely N-dealkylation sites (tertiary alicyclic amines) is 1. The predicted octanol–water partition coefficient (Wildman–Crippen LogP) is 2.54. The summed E-state index contributed by atoms with van der Waals surface area (Å²) in [6.07, 6.45) is 4.66. The Hall–Kier alpha value is -3.40. The van der Waals surface area contributed by atoms with E-state index in [4.69, 9.17) is 10.5 Å². The van der Waals surface area contributed by atoms with Crippen LogP contribution < -0.4 is 10.5 Å². The molecule has 1 aliphatic rings. The number of piperidine rings is 1. The zero-order chi connectivity index (χ0) is 23.2. The van der Waals surface area contributed by atoms with Crippen LogP contribution in [0, 0.1) is 5.92 Å². The van der Waals surface area contributed by atoms with Gasteiger partial charge < -0.3 is 15.4 Å². The second-order valence-electron chi connectivity index (χ2n) is 7.66. The first kappa shape index (κ1) is 22.8. The SMILES string of the molecule is CCOc1ccc(-n2c(SCC(=O)N3CCC(C(N)=O)CC3)nnc2-c2cccnc2)cc1. The third-order valence-electron chi connectivity index (χ3n) is 5.53. The Labute approximate surface area is 196 Å². The van der Waals surface area contributed by atoms with E-state index in [0.29, 0.717) is 43.5 Å². The lowest BCUT2D eigenvalue weighted by Gasteiger charge is -2.30. The molecule has 0 atom stereocenters. The highest BCUT2D eigenvalue weighted by molar-refractivity contribution is 7.99. The molecule has 0 spiro atoms. The van der Waals surface area contributed by atoms with Gasteiger partial charge in [0.2, 0.25) is 11.8 Å². The molecule has 0 unspecified atom stereocenters. The molecule has 2 aromatic heterocycles. The number of thioether (sulfide) groups is 1. The summed E-state index contributed by atoms with van der Waals surface area (Å²) >= 11 is 1.34. The van der Waals surface area contributed by atoms with Gasteiger partial charge in [-0.3, -0.25) is 19.1 Å². The highest BCUT2D eigenvalue weighted by Crippen LogP contribution is 2.29. The van der Waals surface area contributed by atoms with Crippen molar-refractivity contribution in [1.82, 2.24) is 24.6 Å². The van der Waals surface area contributed by atoms with E-state index in [1.807, 2.05) is 47.9 Å². The Kier molecular flexibility index (Phi) is 7.23. The van der Waals surface area contributed by atoms with Gasteiger partial charge >= 0.3 is 0 Å². The molecule has 3 aromatic rings. The van der Waals surface area contributed by atoms with Crippen molar-refractivity contribution in [3.8, 4) is 22.8 Å². The number of pyridine rings is 1. The lowest BCUT2D eigenvalue weighted by Crippen LogP contribution is -2.42. The number of rotatable bonds is 8. The molecular weight excluding hydrogens is 440 g/mol. The molecule has 0 radical (unpaired) electrons. The first-order valence-electron chi connectivity index (χ1n) is 10.9. The van der Waals surface area contributed by atoms with Crippen molar-refractivity contribution in [3.05, 3.63) is 48.8 Å². The van der Waals surface area contributed by atoms with Crippen LogP contribution in [-0.4, -0.2) is 61.9 Å². The van der Waals surface area contributed by atoms with Crippen molar-refractivity contribution < 1.29 is 14.3 Å². The predicted molar refractivity (Wildman–Crippen MR) is 125 cm³/mol. The minimum absolute atomic E-state index is 0.00657. The molecule has 1 aliphatic heterocycles. The van der Waals surface area contributed by atoms with Crippen LogP contribution >= 0.6 is 11.8 Å². The van der Waals surface area contributed by atoms with Gasteiger partial charge in [-0.1, -0.05) is 11.8 Å². The summed E-state index contributed by atoms with van der Waals surface area (Å²) < 4.78 is 7.48. The highest BCUT2D eigenvalue weighted by atomic mass is 32.2. The number of hydrogen-bond donors (Lipinski definition) is 1. The maximum Gasteiger partial charge on any atom is 0.233 e. The fraction of sp³-hybridized carbons (Fsp3) is 0.348. The van der Waals surface area contributed by atoms with Gasteiger partial charge in [0, 0.05) is 42.7 Å². The zero-order valence-corrected chi connectivity index (χ0v) is 19.2. The minimum atomic E-state index is -0.289. The van der Waals surface area contributed by atoms with Gasteiger partial charge in [-0.05, 0) is 56.2 Å². The summed E-state index contributed by atoms with van der Waals surface area (Å²) in [5, 5.41) is 9.36. The van der Waals surface area contributed by atoms with Crippen molar-refractivity contribution in [2.24, 2.45) is 11.7 Å². The molecule has 1 aromatic carbocycles. The number of hydrogen-bond acceptors (Lipinski definition) is 7. The zero-order valence-electron chi connectivity index (χ0n) is 18.4. The Morgan fingerprint density at radius 2 is 1.91 bits per heavy atom. The van der Waals surface area contributed by atoms with Crippen LogP contribution in [0.1, 0.15) is 19.8 Å². The average Bonchev–Trinajstić information content (AvgIpc) is 3.28. The quantitative estimate of drug-likeness (QED) is 0.507. The molecule has 4 rings (SSSR count). The van der Waals surface area contributed by atoms with E-state index in [0.717, 1.165) is 17.0 Å². The van der Waals surface area contributed by atoms with Crippen LogP contribution in [0.5, 0.6) is 5.75 Å². The van der Waals surface area contributed by atoms with E-state index in [-0.39, 0.29) is 23.5 Å². The molecular formula is C23H26N6O3S. The van der Waals surface area contributed by atoms with Crippen molar-refractivity contribution in [2.45, 2.75) is 24.9 Å². The highest BCUT2D eigenvalue weighted by Gasteiger charge is 2.26. The molecule has 2 amide bonds. The number of benzene rings is 1. The number of nitrogens with zero attached hydrogens (tertiary/aromatic N) is 5. The van der Waals surface area contributed by atoms with Gasteiger partial charge in [0.1, 0.15) is 5.75 Å². The van der Waals surface area contributed by atoms with Gasteiger partial charge in [0.05, 0.1) is 12.4 Å². The third kappa shape index (κ3) is 5.33. The molecule has 3 heterocycles. The van der Waals surface area contributed by atoms with Crippen LogP contribution in [0.4, 0.5) is 0 Å². The summed E-state index contributed by atoms with van der Waals surface area (Å²) in [5.41, 5.74) is 7.08. The molecule has 1 fully saturated rings. The summed E-state index contributed by atoms with van der Waals surface area (Å²) in [6.45, 7) is 3.61. The number of carbonyl (C=O) groups is 2. The second-order valence-corrected chi connectivity index (χ2v) is 8.60. The Balaban J connectivity index is 1.54. The monoisotopic (exact) mass is 466 g/mol. The molecule has 1 saturated heterocycles. The normalized spacial score (nSPS) is 14.3. The van der Waals surface area contributed by atoms with E-state index in [1.54, 1.807) is 17.3 Å². The van der Waals surface area contributed by atoms with E-state index in [9.17, 15) is 9.59 Å². The second kappa shape index (κ2) is 10.5. The largest absolute Gasteiger partial charge is 0.494 e. The molecule has 0 bridgehead atoms. The first-order chi connectivity index (χ1) is 16.1. The number of nitrogens with two attached hydrogens (primary N) is 1. The molecule has 33 heavy (non-hydrogen) atoms. The first-order valence-corrected chi connectivity index (χ1v) is 11.8. The van der Waals surface area contributed by atoms with Crippen LogP contribution in [0.3, 0.4) is 0 Å². The van der Waals surface area contributed by atoms with Gasteiger partial charge in [-0.25, -0.2) is 0 Å². The molecule has 2 N–H and O–H groups in total. The van der Waals surface area contributed by atoms with Crippen LogP contribution in [0.25, 0.3) is 17.1 Å². The van der Waals surface area contributed by atoms with Crippen LogP contribution in [0.2, 0.25) is 0 Å². The van der Waals surface area contributed by atoms with Gasteiger partial charge in [0.25, 0.3) is 0 Å². The Morgan fingerprint density at radius 1 is 1.15 bits per heavy atom. The number of carbonyl (C=O) groups excluding carboxylic acids is 2. The van der Waals surface area contributed by atoms with E-state index < -0.39 is 0 Å². The molecule has 0 saturated carbocycles. The van der Waals surface area contributed by atoms with E-state index >= 15 is 0 Å².